The van der Waals surface area contributed by atoms with Crippen LogP contribution in [0.4, 0.5) is 0 Å². The SMILES string of the molecule is COc1ccc(Cc2cc3cc4c(cc3cn2)OCO4)cc1OC. The van der Waals surface area contributed by atoms with Crippen molar-refractivity contribution in [1.29, 1.82) is 0 Å². The van der Waals surface area contributed by atoms with E-state index in [1.165, 1.54) is 0 Å². The third-order valence-corrected chi connectivity index (χ3v) is 4.10. The summed E-state index contributed by atoms with van der Waals surface area (Å²) >= 11 is 0. The molecule has 122 valence electrons. The molecule has 0 spiro atoms. The van der Waals surface area contributed by atoms with E-state index < -0.39 is 0 Å². The average Bonchev–Trinajstić information content (AvgIpc) is 3.06. The zero-order valence-electron chi connectivity index (χ0n) is 13.5. The minimum Gasteiger partial charge on any atom is -0.493 e. The van der Waals surface area contributed by atoms with Crippen molar-refractivity contribution < 1.29 is 18.9 Å². The second-order valence-corrected chi connectivity index (χ2v) is 5.59. The lowest BCUT2D eigenvalue weighted by atomic mass is 10.1. The molecule has 3 aromatic rings. The first-order chi connectivity index (χ1) is 11.8. The zero-order chi connectivity index (χ0) is 16.5. The maximum absolute atomic E-state index is 5.45. The molecule has 2 aromatic carbocycles. The molecular weight excluding hydrogens is 306 g/mol. The van der Waals surface area contributed by atoms with E-state index in [1.54, 1.807) is 14.2 Å². The van der Waals surface area contributed by atoms with Crippen LogP contribution in [0, 0.1) is 0 Å². The number of methoxy groups -OCH3 is 2. The van der Waals surface area contributed by atoms with Gasteiger partial charge in [-0.25, -0.2) is 0 Å². The highest BCUT2D eigenvalue weighted by Gasteiger charge is 2.14. The molecule has 0 bridgehead atoms. The molecule has 0 atom stereocenters. The molecule has 0 amide bonds. The molecule has 1 aliphatic rings. The monoisotopic (exact) mass is 323 g/mol. The van der Waals surface area contributed by atoms with E-state index in [1.807, 2.05) is 36.5 Å². The fourth-order valence-corrected chi connectivity index (χ4v) is 2.88. The summed E-state index contributed by atoms with van der Waals surface area (Å²) in [6, 6.07) is 11.9. The molecule has 0 unspecified atom stereocenters. The highest BCUT2D eigenvalue weighted by atomic mass is 16.7. The Balaban J connectivity index is 1.66. The highest BCUT2D eigenvalue weighted by molar-refractivity contribution is 5.86. The number of rotatable bonds is 4. The van der Waals surface area contributed by atoms with E-state index in [0.29, 0.717) is 6.42 Å². The molecule has 4 rings (SSSR count). The first-order valence-electron chi connectivity index (χ1n) is 7.66. The maximum Gasteiger partial charge on any atom is 0.231 e. The molecular formula is C19H17NO4. The number of hydrogen-bond donors (Lipinski definition) is 0. The topological polar surface area (TPSA) is 49.8 Å². The molecule has 1 aliphatic heterocycles. The molecule has 24 heavy (non-hydrogen) atoms. The van der Waals surface area contributed by atoms with Crippen molar-refractivity contribution in [2.45, 2.75) is 6.42 Å². The van der Waals surface area contributed by atoms with E-state index in [0.717, 1.165) is 45.0 Å². The second-order valence-electron chi connectivity index (χ2n) is 5.59. The van der Waals surface area contributed by atoms with Gasteiger partial charge in [-0.3, -0.25) is 4.98 Å². The van der Waals surface area contributed by atoms with E-state index in [-0.39, 0.29) is 6.79 Å². The Bertz CT molecular complexity index is 907. The predicted molar refractivity (Wildman–Crippen MR) is 90.2 cm³/mol. The Kier molecular flexibility index (Phi) is 3.61. The molecule has 0 aliphatic carbocycles. The van der Waals surface area contributed by atoms with Crippen LogP contribution in [0.15, 0.2) is 42.6 Å². The fourth-order valence-electron chi connectivity index (χ4n) is 2.88. The third kappa shape index (κ3) is 2.58. The minimum absolute atomic E-state index is 0.275. The van der Waals surface area contributed by atoms with Crippen LogP contribution >= 0.6 is 0 Å². The van der Waals surface area contributed by atoms with Crippen molar-refractivity contribution >= 4 is 10.8 Å². The third-order valence-electron chi connectivity index (χ3n) is 4.10. The Hall–Kier alpha value is -2.95. The van der Waals surface area contributed by atoms with Crippen LogP contribution in [0.1, 0.15) is 11.3 Å². The summed E-state index contributed by atoms with van der Waals surface area (Å²) in [7, 11) is 3.27. The Morgan fingerprint density at radius 1 is 0.917 bits per heavy atom. The van der Waals surface area contributed by atoms with Crippen molar-refractivity contribution in [1.82, 2.24) is 4.98 Å². The molecule has 0 radical (unpaired) electrons. The summed E-state index contributed by atoms with van der Waals surface area (Å²) in [6.45, 7) is 0.275. The van der Waals surface area contributed by atoms with Crippen molar-refractivity contribution in [3.8, 4) is 23.0 Å². The number of ether oxygens (including phenoxy) is 4. The standard InChI is InChI=1S/C19H17NO4/c1-21-16-4-3-12(6-17(16)22-2)5-15-7-13-8-18-19(24-11-23-18)9-14(13)10-20-15/h3-4,6-10H,5,11H2,1-2H3. The lowest BCUT2D eigenvalue weighted by Crippen LogP contribution is -1.95. The van der Waals surface area contributed by atoms with Crippen LogP contribution in [0.5, 0.6) is 23.0 Å². The summed E-state index contributed by atoms with van der Waals surface area (Å²) in [5, 5.41) is 2.13. The Morgan fingerprint density at radius 3 is 2.42 bits per heavy atom. The highest BCUT2D eigenvalue weighted by Crippen LogP contribution is 2.36. The summed E-state index contributed by atoms with van der Waals surface area (Å²) in [6.07, 6.45) is 2.58. The number of fused-ring (bicyclic) bond motifs is 2. The summed E-state index contributed by atoms with van der Waals surface area (Å²) in [4.78, 5) is 4.56. The van der Waals surface area contributed by atoms with E-state index >= 15 is 0 Å². The van der Waals surface area contributed by atoms with Gasteiger partial charge >= 0.3 is 0 Å². The summed E-state index contributed by atoms with van der Waals surface area (Å²) in [5.41, 5.74) is 2.09. The van der Waals surface area contributed by atoms with Crippen LogP contribution in [-0.2, 0) is 6.42 Å². The smallest absolute Gasteiger partial charge is 0.231 e. The van der Waals surface area contributed by atoms with Gasteiger partial charge in [0.2, 0.25) is 6.79 Å². The Morgan fingerprint density at radius 2 is 1.67 bits per heavy atom. The van der Waals surface area contributed by atoms with Crippen LogP contribution in [0.25, 0.3) is 10.8 Å². The van der Waals surface area contributed by atoms with Crippen LogP contribution < -0.4 is 18.9 Å². The van der Waals surface area contributed by atoms with E-state index in [2.05, 4.69) is 11.1 Å². The van der Waals surface area contributed by atoms with Gasteiger partial charge < -0.3 is 18.9 Å². The summed E-state index contributed by atoms with van der Waals surface area (Å²) < 4.78 is 21.5. The zero-order valence-corrected chi connectivity index (χ0v) is 13.5. The van der Waals surface area contributed by atoms with Gasteiger partial charge in [0.1, 0.15) is 0 Å². The van der Waals surface area contributed by atoms with Gasteiger partial charge in [0, 0.05) is 23.7 Å². The lowest BCUT2D eigenvalue weighted by molar-refractivity contribution is 0.174. The average molecular weight is 323 g/mol. The molecule has 5 heteroatoms. The number of nitrogens with zero attached hydrogens (tertiary/aromatic N) is 1. The second kappa shape index (κ2) is 5.92. The van der Waals surface area contributed by atoms with Crippen LogP contribution in [0.3, 0.4) is 0 Å². The van der Waals surface area contributed by atoms with Gasteiger partial charge in [0.15, 0.2) is 23.0 Å². The van der Waals surface area contributed by atoms with E-state index in [9.17, 15) is 0 Å². The molecule has 0 saturated heterocycles. The maximum atomic E-state index is 5.45. The number of benzene rings is 2. The number of pyridine rings is 1. The van der Waals surface area contributed by atoms with Gasteiger partial charge in [-0.15, -0.1) is 0 Å². The summed E-state index contributed by atoms with van der Waals surface area (Å²) in [5.74, 6) is 3.00. The number of aromatic nitrogens is 1. The predicted octanol–water partition coefficient (Wildman–Crippen LogP) is 3.57. The Labute approximate surface area is 139 Å². The van der Waals surface area contributed by atoms with Gasteiger partial charge in [-0.05, 0) is 41.3 Å². The molecule has 0 fully saturated rings. The van der Waals surface area contributed by atoms with Gasteiger partial charge in [0.05, 0.1) is 14.2 Å². The largest absolute Gasteiger partial charge is 0.493 e. The molecule has 5 nitrogen and oxygen atoms in total. The van der Waals surface area contributed by atoms with Crippen molar-refractivity contribution in [2.24, 2.45) is 0 Å². The van der Waals surface area contributed by atoms with Gasteiger partial charge in [0.25, 0.3) is 0 Å². The molecule has 2 heterocycles. The quantitative estimate of drug-likeness (QED) is 0.734. The van der Waals surface area contributed by atoms with Crippen molar-refractivity contribution in [3.05, 3.63) is 53.9 Å². The van der Waals surface area contributed by atoms with Gasteiger partial charge in [-0.2, -0.15) is 0 Å². The molecule has 0 N–H and O–H groups in total. The van der Waals surface area contributed by atoms with E-state index in [4.69, 9.17) is 18.9 Å². The fraction of sp³-hybridized carbons (Fsp3) is 0.211. The normalized spacial score (nSPS) is 12.4. The van der Waals surface area contributed by atoms with Gasteiger partial charge in [-0.1, -0.05) is 6.07 Å². The minimum atomic E-state index is 0.275. The first kappa shape index (κ1) is 14.6. The van der Waals surface area contributed by atoms with Crippen LogP contribution in [-0.4, -0.2) is 26.0 Å². The molecule has 0 saturated carbocycles. The number of hydrogen-bond acceptors (Lipinski definition) is 5. The van der Waals surface area contributed by atoms with Crippen molar-refractivity contribution in [3.63, 3.8) is 0 Å². The molecule has 1 aromatic heterocycles. The van der Waals surface area contributed by atoms with Crippen molar-refractivity contribution in [2.75, 3.05) is 21.0 Å². The lowest BCUT2D eigenvalue weighted by Gasteiger charge is -2.10. The first-order valence-corrected chi connectivity index (χ1v) is 7.66. The van der Waals surface area contributed by atoms with Crippen LogP contribution in [0.2, 0.25) is 0 Å².